The first-order valence-corrected chi connectivity index (χ1v) is 8.03. The van der Waals surface area contributed by atoms with Crippen LogP contribution in [0.25, 0.3) is 0 Å². The highest BCUT2D eigenvalue weighted by molar-refractivity contribution is 7.89. The summed E-state index contributed by atoms with van der Waals surface area (Å²) in [6.07, 6.45) is 3.45. The number of furan rings is 1. The number of hydrogen-bond donors (Lipinski definition) is 1. The van der Waals surface area contributed by atoms with Gasteiger partial charge in [-0.3, -0.25) is 4.79 Å². The Morgan fingerprint density at radius 3 is 2.68 bits per heavy atom. The van der Waals surface area contributed by atoms with Gasteiger partial charge in [-0.05, 0) is 36.8 Å². The fourth-order valence-electron chi connectivity index (χ4n) is 2.79. The summed E-state index contributed by atoms with van der Waals surface area (Å²) in [4.78, 5) is 10.5. The Labute approximate surface area is 113 Å². The summed E-state index contributed by atoms with van der Waals surface area (Å²) >= 11 is 0. The summed E-state index contributed by atoms with van der Waals surface area (Å²) < 4.78 is 31.9. The fourth-order valence-corrected chi connectivity index (χ4v) is 4.09. The molecule has 0 aliphatic heterocycles. The molecule has 1 aliphatic rings. The van der Waals surface area contributed by atoms with Crippen molar-refractivity contribution in [3.05, 3.63) is 17.9 Å². The van der Waals surface area contributed by atoms with Crippen molar-refractivity contribution < 1.29 is 17.6 Å². The molecule has 1 N–H and O–H groups in total. The smallest absolute Gasteiger partial charge is 0.274 e. The van der Waals surface area contributed by atoms with E-state index in [1.54, 1.807) is 0 Å². The second kappa shape index (κ2) is 5.46. The van der Waals surface area contributed by atoms with Crippen molar-refractivity contribution in [1.82, 2.24) is 4.72 Å². The maximum absolute atomic E-state index is 12.1. The van der Waals surface area contributed by atoms with Crippen molar-refractivity contribution in [3.63, 3.8) is 0 Å². The van der Waals surface area contributed by atoms with Gasteiger partial charge in [0.2, 0.25) is 5.09 Å². The number of aldehydes is 1. The molecule has 2 rings (SSSR count). The molecule has 0 saturated heterocycles. The number of carbonyl (C=O) groups is 1. The molecule has 5 nitrogen and oxygen atoms in total. The van der Waals surface area contributed by atoms with E-state index in [0.717, 1.165) is 19.3 Å². The van der Waals surface area contributed by atoms with E-state index >= 15 is 0 Å². The fraction of sp³-hybridized carbons (Fsp3) is 0.615. The minimum absolute atomic E-state index is 0.0197. The Morgan fingerprint density at radius 2 is 2.16 bits per heavy atom. The van der Waals surface area contributed by atoms with Crippen molar-refractivity contribution >= 4 is 16.3 Å². The van der Waals surface area contributed by atoms with Gasteiger partial charge in [-0.25, -0.2) is 13.1 Å². The molecule has 1 aromatic rings. The normalized spacial score (nSPS) is 27.6. The van der Waals surface area contributed by atoms with Gasteiger partial charge in [0.05, 0.1) is 0 Å². The predicted octanol–water partition coefficient (Wildman–Crippen LogP) is 2.20. The molecule has 0 aromatic carbocycles. The van der Waals surface area contributed by atoms with Crippen LogP contribution >= 0.6 is 0 Å². The van der Waals surface area contributed by atoms with E-state index in [0.29, 0.717) is 18.1 Å². The molecule has 0 spiro atoms. The molecule has 0 radical (unpaired) electrons. The molecule has 1 fully saturated rings. The number of sulfonamides is 1. The monoisotopic (exact) mass is 285 g/mol. The zero-order valence-electron chi connectivity index (χ0n) is 11.1. The lowest BCUT2D eigenvalue weighted by atomic mass is 9.94. The van der Waals surface area contributed by atoms with Gasteiger partial charge in [-0.1, -0.05) is 20.3 Å². The van der Waals surface area contributed by atoms with Crippen molar-refractivity contribution in [2.24, 2.45) is 11.8 Å². The van der Waals surface area contributed by atoms with Crippen LogP contribution < -0.4 is 4.72 Å². The highest BCUT2D eigenvalue weighted by atomic mass is 32.2. The summed E-state index contributed by atoms with van der Waals surface area (Å²) in [5, 5.41) is -0.193. The standard InChI is InChI=1S/C13H19NO4S/c1-3-10-4-6-12(9(10)2)14-19(16,17)13-7-5-11(8-15)18-13/h5,7-10,12,14H,3-4,6H2,1-2H3. The zero-order valence-corrected chi connectivity index (χ0v) is 11.9. The van der Waals surface area contributed by atoms with Crippen molar-refractivity contribution in [2.75, 3.05) is 0 Å². The largest absolute Gasteiger partial charge is 0.440 e. The Balaban J connectivity index is 2.12. The molecule has 106 valence electrons. The Bertz CT molecular complexity index is 549. The van der Waals surface area contributed by atoms with Gasteiger partial charge in [0, 0.05) is 6.04 Å². The van der Waals surface area contributed by atoms with Crippen LogP contribution in [0.2, 0.25) is 0 Å². The average Bonchev–Trinajstić information content (AvgIpc) is 2.98. The van der Waals surface area contributed by atoms with Crippen LogP contribution in [0.1, 0.15) is 43.7 Å². The maximum Gasteiger partial charge on any atom is 0.274 e. The van der Waals surface area contributed by atoms with E-state index in [1.165, 1.54) is 12.1 Å². The van der Waals surface area contributed by atoms with Crippen LogP contribution in [0.4, 0.5) is 0 Å². The second-order valence-corrected chi connectivity index (χ2v) is 6.75. The van der Waals surface area contributed by atoms with E-state index in [1.807, 2.05) is 0 Å². The first-order chi connectivity index (χ1) is 8.97. The van der Waals surface area contributed by atoms with Crippen LogP contribution in [-0.4, -0.2) is 20.7 Å². The van der Waals surface area contributed by atoms with Crippen molar-refractivity contribution in [3.8, 4) is 0 Å². The van der Waals surface area contributed by atoms with Gasteiger partial charge >= 0.3 is 0 Å². The van der Waals surface area contributed by atoms with Gasteiger partial charge < -0.3 is 4.42 Å². The third-order valence-electron chi connectivity index (χ3n) is 4.04. The molecule has 3 atom stereocenters. The molecular formula is C13H19NO4S. The highest BCUT2D eigenvalue weighted by Gasteiger charge is 2.35. The Morgan fingerprint density at radius 1 is 1.42 bits per heavy atom. The summed E-state index contributed by atoms with van der Waals surface area (Å²) in [5.74, 6) is 0.904. The quantitative estimate of drug-likeness (QED) is 0.841. The van der Waals surface area contributed by atoms with Gasteiger partial charge in [-0.2, -0.15) is 0 Å². The maximum atomic E-state index is 12.1. The van der Waals surface area contributed by atoms with Crippen molar-refractivity contribution in [1.29, 1.82) is 0 Å². The SMILES string of the molecule is CCC1CCC(NS(=O)(=O)c2ccc(C=O)o2)C1C. The van der Waals surface area contributed by atoms with E-state index in [2.05, 4.69) is 18.6 Å². The topological polar surface area (TPSA) is 76.4 Å². The van der Waals surface area contributed by atoms with Crippen LogP contribution in [0.5, 0.6) is 0 Å². The summed E-state index contributed by atoms with van der Waals surface area (Å²) in [5.41, 5.74) is 0. The van der Waals surface area contributed by atoms with Crippen LogP contribution in [0.3, 0.4) is 0 Å². The Kier molecular flexibility index (Phi) is 4.10. The van der Waals surface area contributed by atoms with Crippen molar-refractivity contribution in [2.45, 2.75) is 44.2 Å². The molecule has 1 aliphatic carbocycles. The second-order valence-electron chi connectivity index (χ2n) is 5.11. The first kappa shape index (κ1) is 14.3. The molecule has 0 bridgehead atoms. The molecule has 1 saturated carbocycles. The third kappa shape index (κ3) is 2.90. The first-order valence-electron chi connectivity index (χ1n) is 6.55. The Hall–Kier alpha value is -1.14. The molecule has 1 aromatic heterocycles. The lowest BCUT2D eigenvalue weighted by Crippen LogP contribution is -2.37. The average molecular weight is 285 g/mol. The molecule has 1 heterocycles. The van der Waals surface area contributed by atoms with E-state index in [-0.39, 0.29) is 16.9 Å². The molecule has 3 unspecified atom stereocenters. The minimum atomic E-state index is -3.67. The highest BCUT2D eigenvalue weighted by Crippen LogP contribution is 2.34. The van der Waals surface area contributed by atoms with Gasteiger partial charge in [0.25, 0.3) is 10.0 Å². The van der Waals surface area contributed by atoms with E-state index < -0.39 is 10.0 Å². The number of rotatable bonds is 5. The number of carbonyl (C=O) groups excluding carboxylic acids is 1. The molecule has 19 heavy (non-hydrogen) atoms. The van der Waals surface area contributed by atoms with Gasteiger partial charge in [-0.15, -0.1) is 0 Å². The number of nitrogens with one attached hydrogen (secondary N) is 1. The van der Waals surface area contributed by atoms with Crippen LogP contribution in [-0.2, 0) is 10.0 Å². The lowest BCUT2D eigenvalue weighted by Gasteiger charge is -2.20. The zero-order chi connectivity index (χ0) is 14.0. The van der Waals surface area contributed by atoms with Gasteiger partial charge in [0.15, 0.2) is 12.0 Å². The predicted molar refractivity (Wildman–Crippen MR) is 70.4 cm³/mol. The number of hydrogen-bond acceptors (Lipinski definition) is 4. The molecular weight excluding hydrogens is 266 g/mol. The van der Waals surface area contributed by atoms with Crippen LogP contribution in [0.15, 0.2) is 21.6 Å². The molecule has 0 amide bonds. The summed E-state index contributed by atoms with van der Waals surface area (Å²) in [6.45, 7) is 4.20. The van der Waals surface area contributed by atoms with E-state index in [9.17, 15) is 13.2 Å². The molecule has 6 heteroatoms. The third-order valence-corrected chi connectivity index (χ3v) is 5.40. The summed E-state index contributed by atoms with van der Waals surface area (Å²) in [7, 11) is -3.67. The minimum Gasteiger partial charge on any atom is -0.440 e. The lowest BCUT2D eigenvalue weighted by molar-refractivity contribution is 0.109. The van der Waals surface area contributed by atoms with Crippen LogP contribution in [0, 0.1) is 11.8 Å². The summed E-state index contributed by atoms with van der Waals surface area (Å²) in [6, 6.07) is 2.61. The van der Waals surface area contributed by atoms with Gasteiger partial charge in [0.1, 0.15) is 0 Å². The van der Waals surface area contributed by atoms with E-state index in [4.69, 9.17) is 4.42 Å².